The van der Waals surface area contributed by atoms with Crippen LogP contribution in [0.25, 0.3) is 0 Å². The molecule has 1 saturated heterocycles. The van der Waals surface area contributed by atoms with Gasteiger partial charge in [-0.15, -0.1) is 6.58 Å². The van der Waals surface area contributed by atoms with E-state index in [0.717, 1.165) is 31.8 Å². The first kappa shape index (κ1) is 42.4. The average Bonchev–Trinajstić information content (AvgIpc) is 2.86. The highest BCUT2D eigenvalue weighted by molar-refractivity contribution is 4.97. The van der Waals surface area contributed by atoms with Gasteiger partial charge in [0, 0.05) is 13.7 Å². The molecule has 0 aliphatic carbocycles. The molecular weight excluding hydrogens is 421 g/mol. The fourth-order valence-corrected chi connectivity index (χ4v) is 2.38. The summed E-state index contributed by atoms with van der Waals surface area (Å²) in [6.07, 6.45) is 24.4. The van der Waals surface area contributed by atoms with E-state index in [4.69, 9.17) is 4.74 Å². The first-order valence-electron chi connectivity index (χ1n) is 12.8. The minimum atomic E-state index is 0.500. The van der Waals surface area contributed by atoms with Crippen LogP contribution in [0.4, 0.5) is 4.39 Å². The van der Waals surface area contributed by atoms with Crippen LogP contribution >= 0.6 is 0 Å². The summed E-state index contributed by atoms with van der Waals surface area (Å²) in [5.41, 5.74) is 1.36. The molecule has 0 amide bonds. The Morgan fingerprint density at radius 1 is 0.941 bits per heavy atom. The Balaban J connectivity index is -0.000000105. The van der Waals surface area contributed by atoms with Gasteiger partial charge >= 0.3 is 0 Å². The minimum absolute atomic E-state index is 0.500. The largest absolute Gasteiger partial charge is 0.384 e. The number of methoxy groups -OCH3 is 1. The minimum Gasteiger partial charge on any atom is -0.384 e. The zero-order chi connectivity index (χ0) is 27.3. The first-order valence-corrected chi connectivity index (χ1v) is 12.8. The number of rotatable bonds is 9. The molecule has 1 aliphatic rings. The van der Waals surface area contributed by atoms with Crippen molar-refractivity contribution < 1.29 is 9.13 Å². The molecule has 1 aliphatic heterocycles. The van der Waals surface area contributed by atoms with Crippen molar-refractivity contribution in [2.24, 2.45) is 5.92 Å². The van der Waals surface area contributed by atoms with Crippen LogP contribution in [0, 0.1) is 5.92 Å². The van der Waals surface area contributed by atoms with Gasteiger partial charge in [-0.05, 0) is 78.3 Å². The smallest absolute Gasteiger partial charge is 0.0785 e. The summed E-state index contributed by atoms with van der Waals surface area (Å²) in [6.45, 7) is 26.5. The predicted octanol–water partition coefficient (Wildman–Crippen LogP) is 9.83. The Bertz CT molecular complexity index is 446. The number of allylic oxidation sites excluding steroid dienone is 8. The topological polar surface area (TPSA) is 21.3 Å². The maximum absolute atomic E-state index is 9.50. The van der Waals surface area contributed by atoms with Gasteiger partial charge in [0.2, 0.25) is 0 Å². The van der Waals surface area contributed by atoms with Gasteiger partial charge in [0.25, 0.3) is 0 Å². The van der Waals surface area contributed by atoms with Crippen LogP contribution in [-0.4, -0.2) is 34.0 Å². The van der Waals surface area contributed by atoms with E-state index in [0.29, 0.717) is 7.18 Å². The normalized spacial score (nSPS) is 12.4. The average molecular weight is 482 g/mol. The fraction of sp³-hybridized carbons (Fsp3) is 0.613. The van der Waals surface area contributed by atoms with E-state index in [1.165, 1.54) is 44.3 Å². The predicted molar refractivity (Wildman–Crippen MR) is 159 cm³/mol. The molecule has 0 unspecified atom stereocenters. The van der Waals surface area contributed by atoms with E-state index in [-0.39, 0.29) is 0 Å². The second kappa shape index (κ2) is 48.7. The van der Waals surface area contributed by atoms with Gasteiger partial charge in [-0.25, -0.2) is 0 Å². The Hall–Kier alpha value is -1.71. The number of halogens is 1. The highest BCUT2D eigenvalue weighted by Gasteiger charge is 2.12. The molecule has 1 heterocycles. The quantitative estimate of drug-likeness (QED) is 0.201. The molecule has 34 heavy (non-hydrogen) atoms. The molecular formula is C31H60FNO. The molecule has 0 bridgehead atoms. The molecule has 0 atom stereocenters. The van der Waals surface area contributed by atoms with Crippen LogP contribution in [-0.2, 0) is 4.74 Å². The Morgan fingerprint density at radius 2 is 1.47 bits per heavy atom. The number of hydrogen-bond donors (Lipinski definition) is 1. The number of nitrogens with one attached hydrogen (secondary N) is 1. The van der Waals surface area contributed by atoms with Crippen molar-refractivity contribution in [1.29, 1.82) is 0 Å². The molecule has 1 N–H and O–H groups in total. The molecule has 202 valence electrons. The highest BCUT2D eigenvalue weighted by Crippen LogP contribution is 2.18. The van der Waals surface area contributed by atoms with Crippen LogP contribution < -0.4 is 5.32 Å². The van der Waals surface area contributed by atoms with Gasteiger partial charge in [-0.2, -0.15) is 0 Å². The zero-order valence-electron chi connectivity index (χ0n) is 24.2. The maximum atomic E-state index is 9.50. The molecule has 0 aromatic carbocycles. The van der Waals surface area contributed by atoms with Crippen LogP contribution in [0.3, 0.4) is 0 Å². The molecule has 0 radical (unpaired) electrons. The summed E-state index contributed by atoms with van der Waals surface area (Å²) in [5, 5.41) is 3.33. The van der Waals surface area contributed by atoms with Gasteiger partial charge in [0.15, 0.2) is 0 Å². The molecule has 1 fully saturated rings. The number of alkyl halides is 1. The van der Waals surface area contributed by atoms with Gasteiger partial charge in [0.1, 0.15) is 0 Å². The molecule has 3 heteroatoms. The number of piperidine rings is 1. The third-order valence-electron chi connectivity index (χ3n) is 4.13. The Kier molecular flexibility index (Phi) is 60.7. The summed E-state index contributed by atoms with van der Waals surface area (Å²) in [7, 11) is 2.22. The van der Waals surface area contributed by atoms with Crippen LogP contribution in [0.15, 0.2) is 73.9 Å². The van der Waals surface area contributed by atoms with Crippen molar-refractivity contribution in [2.45, 2.75) is 86.5 Å². The third kappa shape index (κ3) is 57.3. The summed E-state index contributed by atoms with van der Waals surface area (Å²) in [4.78, 5) is 0. The number of ether oxygens (including phenoxy) is 1. The van der Waals surface area contributed by atoms with E-state index in [1.807, 2.05) is 19.9 Å². The summed E-state index contributed by atoms with van der Waals surface area (Å²) >= 11 is 0. The lowest BCUT2D eigenvalue weighted by Crippen LogP contribution is -2.27. The van der Waals surface area contributed by atoms with Crippen molar-refractivity contribution in [1.82, 2.24) is 5.32 Å². The number of unbranched alkanes of at least 4 members (excludes halogenated alkanes) is 1. The number of hydrogen-bond acceptors (Lipinski definition) is 2. The van der Waals surface area contributed by atoms with Crippen molar-refractivity contribution >= 4 is 0 Å². The van der Waals surface area contributed by atoms with Crippen molar-refractivity contribution in [2.75, 3.05) is 34.0 Å². The molecule has 2 nitrogen and oxygen atoms in total. The first-order chi connectivity index (χ1) is 16.5. The molecule has 0 spiro atoms. The lowest BCUT2D eigenvalue weighted by Gasteiger charge is -2.22. The van der Waals surface area contributed by atoms with Crippen LogP contribution in [0.5, 0.6) is 0 Å². The van der Waals surface area contributed by atoms with Crippen molar-refractivity contribution in [3.05, 3.63) is 73.9 Å². The third-order valence-corrected chi connectivity index (χ3v) is 4.13. The zero-order valence-corrected chi connectivity index (χ0v) is 24.2. The molecule has 1 rings (SSSR count). The SMILES string of the molecule is C/C=C\CC.C=C(C)C1CCNCC1.C=C/C=C\CCC.C=CC.CC/C=C/CCOC.CF. The van der Waals surface area contributed by atoms with Crippen molar-refractivity contribution in [3.8, 4) is 0 Å². The summed E-state index contributed by atoms with van der Waals surface area (Å²) in [6, 6.07) is 0. The second-order valence-electron chi connectivity index (χ2n) is 7.37. The monoisotopic (exact) mass is 481 g/mol. The standard InChI is InChI=1S/C8H15N.C7H14O.C7H12.C5H10.C3H6.CH3F/c1-7(2)8-3-5-9-6-4-8;1-3-4-5-6-7-8-2;1-3-5-7-6-4-2;1-3-5-4-2;1-3-2;1-2/h8-9H,1,3-6H2,2H3;4-5H,3,6-7H2,1-2H3;3,5,7H,1,4,6H2,2H3;3,5H,4H2,1-2H3;3H,1H2,2H3;1H3/b;5-4+;7-5-;5-3-;;. The van der Waals surface area contributed by atoms with Gasteiger partial charge < -0.3 is 10.1 Å². The van der Waals surface area contributed by atoms with E-state index < -0.39 is 0 Å². The highest BCUT2D eigenvalue weighted by atomic mass is 19.1. The van der Waals surface area contributed by atoms with Crippen LogP contribution in [0.1, 0.15) is 86.5 Å². The van der Waals surface area contributed by atoms with Crippen molar-refractivity contribution in [3.63, 3.8) is 0 Å². The molecule has 0 aromatic rings. The Labute approximate surface area is 214 Å². The Morgan fingerprint density at radius 3 is 1.76 bits per heavy atom. The molecule has 0 aromatic heterocycles. The lowest BCUT2D eigenvalue weighted by atomic mass is 9.92. The fourth-order valence-electron chi connectivity index (χ4n) is 2.38. The second-order valence-corrected chi connectivity index (χ2v) is 7.37. The van der Waals surface area contributed by atoms with Gasteiger partial charge in [-0.1, -0.05) is 94.5 Å². The summed E-state index contributed by atoms with van der Waals surface area (Å²) < 4.78 is 14.3. The van der Waals surface area contributed by atoms with Gasteiger partial charge in [-0.3, -0.25) is 4.39 Å². The van der Waals surface area contributed by atoms with Crippen LogP contribution in [0.2, 0.25) is 0 Å². The van der Waals surface area contributed by atoms with E-state index in [2.05, 4.69) is 83.1 Å². The van der Waals surface area contributed by atoms with E-state index in [1.54, 1.807) is 19.3 Å². The van der Waals surface area contributed by atoms with E-state index in [9.17, 15) is 4.39 Å². The maximum Gasteiger partial charge on any atom is 0.0785 e. The summed E-state index contributed by atoms with van der Waals surface area (Å²) in [5.74, 6) is 0.797. The lowest BCUT2D eigenvalue weighted by molar-refractivity contribution is 0.204. The molecule has 0 saturated carbocycles. The van der Waals surface area contributed by atoms with Gasteiger partial charge in [0.05, 0.1) is 7.18 Å². The van der Waals surface area contributed by atoms with E-state index >= 15 is 0 Å².